The number of benzene rings is 2. The molecule has 0 bridgehead atoms. The largest absolute Gasteiger partial charge is 0.457 e. The average Bonchev–Trinajstić information content (AvgIpc) is 2.67. The van der Waals surface area contributed by atoms with E-state index in [2.05, 4.69) is 27.3 Å². The molecule has 0 radical (unpaired) electrons. The molecular formula is C23H29BrN2O3. The molecule has 6 heteroatoms. The maximum atomic E-state index is 12.2. The number of carbonyl (C=O) groups is 1. The minimum atomic E-state index is -0.455. The zero-order chi connectivity index (χ0) is 20.9. The third-order valence-electron chi connectivity index (χ3n) is 4.73. The molecule has 2 aromatic rings. The van der Waals surface area contributed by atoms with E-state index in [1.807, 2.05) is 63.2 Å². The van der Waals surface area contributed by atoms with E-state index in [1.165, 1.54) is 0 Å². The van der Waals surface area contributed by atoms with Gasteiger partial charge in [-0.2, -0.15) is 0 Å². The second kappa shape index (κ2) is 9.63. The van der Waals surface area contributed by atoms with Gasteiger partial charge in [0.15, 0.2) is 0 Å². The summed E-state index contributed by atoms with van der Waals surface area (Å²) < 4.78 is 12.5. The summed E-state index contributed by atoms with van der Waals surface area (Å²) in [5, 5.41) is 3.62. The van der Waals surface area contributed by atoms with Crippen LogP contribution in [0.25, 0.3) is 0 Å². The van der Waals surface area contributed by atoms with E-state index in [0.717, 1.165) is 34.4 Å². The SMILES string of the molecule is CC(C)(C)OC(=O)N1CCC(NCc2ccc(Br)cc2Oc2ccccc2)CC1. The van der Waals surface area contributed by atoms with Crippen molar-refractivity contribution in [1.29, 1.82) is 0 Å². The average molecular weight is 461 g/mol. The standard InChI is InChI=1S/C23H29BrN2O3/c1-23(2,3)29-22(27)26-13-11-19(12-14-26)25-16-17-9-10-18(24)15-21(17)28-20-7-5-4-6-8-20/h4-10,15,19,25H,11-14,16H2,1-3H3. The number of nitrogens with one attached hydrogen (secondary N) is 1. The summed E-state index contributed by atoms with van der Waals surface area (Å²) in [6.07, 6.45) is 1.59. The fourth-order valence-electron chi connectivity index (χ4n) is 3.23. The van der Waals surface area contributed by atoms with Gasteiger partial charge in [-0.25, -0.2) is 4.79 Å². The van der Waals surface area contributed by atoms with Crippen LogP contribution >= 0.6 is 15.9 Å². The first kappa shape index (κ1) is 21.7. The van der Waals surface area contributed by atoms with Crippen molar-refractivity contribution in [2.75, 3.05) is 13.1 Å². The molecule has 0 unspecified atom stereocenters. The molecule has 0 aromatic heterocycles. The summed E-state index contributed by atoms with van der Waals surface area (Å²) in [6.45, 7) is 7.82. The monoisotopic (exact) mass is 460 g/mol. The highest BCUT2D eigenvalue weighted by atomic mass is 79.9. The van der Waals surface area contributed by atoms with E-state index in [-0.39, 0.29) is 6.09 Å². The predicted molar refractivity (Wildman–Crippen MR) is 118 cm³/mol. The van der Waals surface area contributed by atoms with E-state index in [9.17, 15) is 4.79 Å². The molecule has 5 nitrogen and oxygen atoms in total. The maximum absolute atomic E-state index is 12.2. The number of nitrogens with zero attached hydrogens (tertiary/aromatic N) is 1. The Morgan fingerprint density at radius 3 is 2.48 bits per heavy atom. The topological polar surface area (TPSA) is 50.8 Å². The highest BCUT2D eigenvalue weighted by molar-refractivity contribution is 9.10. The van der Waals surface area contributed by atoms with Gasteiger partial charge in [0.1, 0.15) is 17.1 Å². The van der Waals surface area contributed by atoms with Crippen LogP contribution in [-0.4, -0.2) is 35.7 Å². The van der Waals surface area contributed by atoms with E-state index < -0.39 is 5.60 Å². The van der Waals surface area contributed by atoms with Crippen LogP contribution in [0.15, 0.2) is 53.0 Å². The summed E-state index contributed by atoms with van der Waals surface area (Å²) in [6, 6.07) is 16.3. The minimum absolute atomic E-state index is 0.220. The van der Waals surface area contributed by atoms with E-state index in [1.54, 1.807) is 4.90 Å². The Labute approximate surface area is 181 Å². The van der Waals surface area contributed by atoms with Gasteiger partial charge in [-0.1, -0.05) is 40.2 Å². The lowest BCUT2D eigenvalue weighted by Crippen LogP contribution is -2.46. The van der Waals surface area contributed by atoms with Crippen LogP contribution in [-0.2, 0) is 11.3 Å². The van der Waals surface area contributed by atoms with Crippen LogP contribution in [0.4, 0.5) is 4.79 Å². The molecule has 156 valence electrons. The van der Waals surface area contributed by atoms with Crippen LogP contribution in [0.5, 0.6) is 11.5 Å². The van der Waals surface area contributed by atoms with Crippen molar-refractivity contribution in [2.24, 2.45) is 0 Å². The molecule has 0 saturated carbocycles. The predicted octanol–water partition coefficient (Wildman–Crippen LogP) is 5.73. The van der Waals surface area contributed by atoms with Crippen LogP contribution < -0.4 is 10.1 Å². The maximum Gasteiger partial charge on any atom is 0.410 e. The number of halogens is 1. The Bertz CT molecular complexity index is 813. The lowest BCUT2D eigenvalue weighted by molar-refractivity contribution is 0.0198. The van der Waals surface area contributed by atoms with Crippen molar-refractivity contribution in [3.05, 3.63) is 58.6 Å². The highest BCUT2D eigenvalue weighted by Gasteiger charge is 2.26. The Morgan fingerprint density at radius 2 is 1.83 bits per heavy atom. The second-order valence-electron chi connectivity index (χ2n) is 8.29. The molecule has 1 aliphatic rings. The number of hydrogen-bond donors (Lipinski definition) is 1. The fraction of sp³-hybridized carbons (Fsp3) is 0.435. The first-order valence-corrected chi connectivity index (χ1v) is 10.8. The van der Waals surface area contributed by atoms with Crippen molar-refractivity contribution in [3.8, 4) is 11.5 Å². The van der Waals surface area contributed by atoms with Crippen LogP contribution in [0, 0.1) is 0 Å². The molecule has 1 aliphatic heterocycles. The molecule has 0 atom stereocenters. The summed E-state index contributed by atoms with van der Waals surface area (Å²) in [7, 11) is 0. The Balaban J connectivity index is 1.54. The van der Waals surface area contributed by atoms with E-state index >= 15 is 0 Å². The number of ether oxygens (including phenoxy) is 2. The van der Waals surface area contributed by atoms with Gasteiger partial charge in [-0.3, -0.25) is 0 Å². The van der Waals surface area contributed by atoms with Gasteiger partial charge in [0.2, 0.25) is 0 Å². The number of likely N-dealkylation sites (tertiary alicyclic amines) is 1. The number of carbonyl (C=O) groups excluding carboxylic acids is 1. The number of amides is 1. The van der Waals surface area contributed by atoms with Crippen LogP contribution in [0.2, 0.25) is 0 Å². The van der Waals surface area contributed by atoms with Crippen molar-refractivity contribution in [2.45, 2.75) is 51.8 Å². The molecule has 1 N–H and O–H groups in total. The first-order valence-electron chi connectivity index (χ1n) is 10.0. The van der Waals surface area contributed by atoms with Crippen LogP contribution in [0.3, 0.4) is 0 Å². The lowest BCUT2D eigenvalue weighted by atomic mass is 10.0. The van der Waals surface area contributed by atoms with Crippen molar-refractivity contribution < 1.29 is 14.3 Å². The normalized spacial score (nSPS) is 15.2. The van der Waals surface area contributed by atoms with Gasteiger partial charge in [-0.05, 0) is 57.9 Å². The summed E-state index contributed by atoms with van der Waals surface area (Å²) in [5.74, 6) is 1.65. The molecule has 3 rings (SSSR count). The van der Waals surface area contributed by atoms with E-state index in [0.29, 0.717) is 25.7 Å². The van der Waals surface area contributed by atoms with Crippen molar-refractivity contribution >= 4 is 22.0 Å². The third-order valence-corrected chi connectivity index (χ3v) is 5.22. The van der Waals surface area contributed by atoms with Crippen LogP contribution in [0.1, 0.15) is 39.2 Å². The molecular weight excluding hydrogens is 432 g/mol. The fourth-order valence-corrected chi connectivity index (χ4v) is 3.57. The zero-order valence-corrected chi connectivity index (χ0v) is 18.9. The van der Waals surface area contributed by atoms with Crippen molar-refractivity contribution in [1.82, 2.24) is 10.2 Å². The lowest BCUT2D eigenvalue weighted by Gasteiger charge is -2.34. The van der Waals surface area contributed by atoms with Gasteiger partial charge >= 0.3 is 6.09 Å². The molecule has 1 fully saturated rings. The Hall–Kier alpha value is -2.05. The first-order chi connectivity index (χ1) is 13.8. The smallest absolute Gasteiger partial charge is 0.410 e. The van der Waals surface area contributed by atoms with Gasteiger partial charge in [0.05, 0.1) is 0 Å². The molecule has 1 amide bonds. The number of hydrogen-bond acceptors (Lipinski definition) is 4. The number of rotatable bonds is 5. The van der Waals surface area contributed by atoms with Gasteiger partial charge in [-0.15, -0.1) is 0 Å². The number of piperidine rings is 1. The van der Waals surface area contributed by atoms with Gasteiger partial charge in [0, 0.05) is 35.7 Å². The summed E-state index contributed by atoms with van der Waals surface area (Å²) >= 11 is 3.53. The summed E-state index contributed by atoms with van der Waals surface area (Å²) in [5.41, 5.74) is 0.648. The summed E-state index contributed by atoms with van der Waals surface area (Å²) in [4.78, 5) is 14.0. The van der Waals surface area contributed by atoms with Crippen molar-refractivity contribution in [3.63, 3.8) is 0 Å². The minimum Gasteiger partial charge on any atom is -0.457 e. The van der Waals surface area contributed by atoms with E-state index in [4.69, 9.17) is 9.47 Å². The molecule has 29 heavy (non-hydrogen) atoms. The second-order valence-corrected chi connectivity index (χ2v) is 9.21. The van der Waals surface area contributed by atoms with Gasteiger partial charge < -0.3 is 19.7 Å². The van der Waals surface area contributed by atoms with Gasteiger partial charge in [0.25, 0.3) is 0 Å². The number of para-hydroxylation sites is 1. The molecule has 2 aromatic carbocycles. The Kier molecular flexibility index (Phi) is 7.19. The quantitative estimate of drug-likeness (QED) is 0.618. The molecule has 1 saturated heterocycles. The molecule has 0 spiro atoms. The zero-order valence-electron chi connectivity index (χ0n) is 17.3. The highest BCUT2D eigenvalue weighted by Crippen LogP contribution is 2.29. The molecule has 0 aliphatic carbocycles. The molecule has 1 heterocycles. The Morgan fingerprint density at radius 1 is 1.14 bits per heavy atom. The third kappa shape index (κ3) is 6.75.